The minimum Gasteiger partial charge on any atom is -0.494 e. The van der Waals surface area contributed by atoms with Crippen molar-refractivity contribution in [3.8, 4) is 16.9 Å². The topological polar surface area (TPSA) is 181 Å². The Morgan fingerprint density at radius 1 is 1.15 bits per heavy atom. The number of fused-ring (bicyclic) bond motifs is 1. The van der Waals surface area contributed by atoms with Gasteiger partial charge in [-0.3, -0.25) is 4.79 Å². The molecule has 41 heavy (non-hydrogen) atoms. The van der Waals surface area contributed by atoms with E-state index in [4.69, 9.17) is 10.5 Å². The number of ether oxygens (including phenoxy) is 2. The largest absolute Gasteiger partial charge is 0.494 e. The van der Waals surface area contributed by atoms with E-state index in [1.807, 2.05) is 16.7 Å². The first-order chi connectivity index (χ1) is 19.4. The molecule has 13 heteroatoms. The van der Waals surface area contributed by atoms with Crippen LogP contribution in [-0.4, -0.2) is 45.4 Å². The molecule has 3 aromatic heterocycles. The average Bonchev–Trinajstić information content (AvgIpc) is 3.75. The molecule has 0 saturated heterocycles. The minimum absolute atomic E-state index is 0. The van der Waals surface area contributed by atoms with Gasteiger partial charge >= 0.3 is 5.97 Å². The number of amides is 1. The van der Waals surface area contributed by atoms with Gasteiger partial charge in [-0.25, -0.2) is 24.1 Å². The second kappa shape index (κ2) is 12.4. The van der Waals surface area contributed by atoms with Gasteiger partial charge in [-0.15, -0.1) is 0 Å². The van der Waals surface area contributed by atoms with Gasteiger partial charge in [-0.1, -0.05) is 12.1 Å². The van der Waals surface area contributed by atoms with Crippen molar-refractivity contribution < 1.29 is 24.9 Å². The van der Waals surface area contributed by atoms with E-state index in [0.29, 0.717) is 23.6 Å². The predicted molar refractivity (Wildman–Crippen MR) is 151 cm³/mol. The Balaban J connectivity index is 0.00000242. The smallest absolute Gasteiger partial charge is 0.376 e. The van der Waals surface area contributed by atoms with Gasteiger partial charge in [0.15, 0.2) is 11.6 Å². The quantitative estimate of drug-likeness (QED) is 0.165. The molecular formula is C28H33FN8O4. The van der Waals surface area contributed by atoms with Gasteiger partial charge in [0.1, 0.15) is 11.3 Å². The highest BCUT2D eigenvalue weighted by molar-refractivity contribution is 5.92. The first-order valence-electron chi connectivity index (χ1n) is 12.6. The van der Waals surface area contributed by atoms with Crippen molar-refractivity contribution in [1.82, 2.24) is 36.1 Å². The van der Waals surface area contributed by atoms with E-state index < -0.39 is 17.7 Å². The van der Waals surface area contributed by atoms with Gasteiger partial charge in [-0.2, -0.15) is 0 Å². The van der Waals surface area contributed by atoms with Crippen LogP contribution >= 0.6 is 0 Å². The summed E-state index contributed by atoms with van der Waals surface area (Å²) in [6.07, 6.45) is 10.6. The Hall–Kier alpha value is -5.04. The molecule has 1 aliphatic rings. The predicted octanol–water partition coefficient (Wildman–Crippen LogP) is 3.22. The summed E-state index contributed by atoms with van der Waals surface area (Å²) in [7, 11) is 2.56. The molecule has 0 aliphatic heterocycles. The molecule has 0 bridgehead atoms. The monoisotopic (exact) mass is 564 g/mol. The molecule has 0 spiro atoms. The fourth-order valence-electron chi connectivity index (χ4n) is 4.27. The summed E-state index contributed by atoms with van der Waals surface area (Å²) in [5.74, 6) is -1.43. The normalized spacial score (nSPS) is 12.9. The lowest BCUT2D eigenvalue weighted by Gasteiger charge is -2.14. The maximum absolute atomic E-state index is 15.2. The van der Waals surface area contributed by atoms with E-state index in [1.54, 1.807) is 6.07 Å². The van der Waals surface area contributed by atoms with Crippen LogP contribution in [0.1, 0.15) is 47.6 Å². The van der Waals surface area contributed by atoms with Crippen molar-refractivity contribution in [2.24, 2.45) is 5.73 Å². The van der Waals surface area contributed by atoms with Gasteiger partial charge < -0.3 is 36.4 Å². The second-order valence-corrected chi connectivity index (χ2v) is 9.29. The van der Waals surface area contributed by atoms with Crippen LogP contribution in [0, 0.1) is 5.82 Å². The van der Waals surface area contributed by atoms with Crippen molar-refractivity contribution in [3.63, 3.8) is 0 Å². The Morgan fingerprint density at radius 2 is 1.90 bits per heavy atom. The number of benzene rings is 1. The van der Waals surface area contributed by atoms with Crippen molar-refractivity contribution in [1.29, 1.82) is 0 Å². The Bertz CT molecular complexity index is 1610. The lowest BCUT2D eigenvalue weighted by Crippen LogP contribution is -2.30. The summed E-state index contributed by atoms with van der Waals surface area (Å²) in [4.78, 5) is 36.9. The molecule has 1 aromatic carbocycles. The lowest BCUT2D eigenvalue weighted by atomic mass is 10.0. The molecule has 12 nitrogen and oxygen atoms in total. The molecule has 1 aliphatic carbocycles. The fraction of sp³-hybridized carbons (Fsp3) is 0.250. The molecule has 7 N–H and O–H groups in total. The number of methoxy groups -OCH3 is 2. The number of hydrogen-bond acceptors (Lipinski definition) is 10. The maximum Gasteiger partial charge on any atom is 0.376 e. The highest BCUT2D eigenvalue weighted by Gasteiger charge is 2.24. The summed E-state index contributed by atoms with van der Waals surface area (Å²) < 4.78 is 26.9. The van der Waals surface area contributed by atoms with Crippen LogP contribution in [0.4, 0.5) is 4.39 Å². The third kappa shape index (κ3) is 6.41. The number of pyridine rings is 1. The van der Waals surface area contributed by atoms with Crippen molar-refractivity contribution in [3.05, 3.63) is 89.4 Å². The molecule has 0 atom stereocenters. The average molecular weight is 565 g/mol. The number of aromatic nitrogens is 4. The molecule has 0 radical (unpaired) electrons. The van der Waals surface area contributed by atoms with Gasteiger partial charge in [-0.05, 0) is 42.0 Å². The molecular weight excluding hydrogens is 531 g/mol. The number of carbonyl (C=O) groups excluding carboxylic acids is 2. The molecule has 216 valence electrons. The first-order valence-corrected chi connectivity index (χ1v) is 12.6. The second-order valence-electron chi connectivity index (χ2n) is 9.29. The molecule has 1 amide bonds. The van der Waals surface area contributed by atoms with Crippen molar-refractivity contribution in [2.45, 2.75) is 31.8 Å². The number of esters is 1. The highest BCUT2D eigenvalue weighted by Crippen LogP contribution is 2.39. The summed E-state index contributed by atoms with van der Waals surface area (Å²) in [5, 5.41) is 5.64. The van der Waals surface area contributed by atoms with E-state index in [0.717, 1.165) is 11.3 Å². The molecule has 4 aromatic rings. The van der Waals surface area contributed by atoms with E-state index in [1.165, 1.54) is 57.3 Å². The van der Waals surface area contributed by atoms with Gasteiger partial charge in [0, 0.05) is 50.1 Å². The summed E-state index contributed by atoms with van der Waals surface area (Å²) in [5.41, 5.74) is 9.80. The third-order valence-electron chi connectivity index (χ3n) is 6.56. The molecule has 1 saturated carbocycles. The van der Waals surface area contributed by atoms with Crippen LogP contribution in [0.25, 0.3) is 16.8 Å². The first kappa shape index (κ1) is 29.0. The van der Waals surface area contributed by atoms with Crippen LogP contribution in [-0.2, 0) is 22.6 Å². The number of nitrogens with two attached hydrogens (primary N) is 1. The van der Waals surface area contributed by atoms with Gasteiger partial charge in [0.2, 0.25) is 5.82 Å². The number of rotatable bonds is 10. The molecule has 1 fully saturated rings. The summed E-state index contributed by atoms with van der Waals surface area (Å²) >= 11 is 0. The van der Waals surface area contributed by atoms with Crippen LogP contribution in [0.3, 0.4) is 0 Å². The zero-order valence-corrected chi connectivity index (χ0v) is 22.7. The van der Waals surface area contributed by atoms with Crippen LogP contribution < -0.4 is 27.3 Å². The number of carbonyl (C=O) groups is 2. The van der Waals surface area contributed by atoms with Crippen LogP contribution in [0.15, 0.2) is 60.9 Å². The Morgan fingerprint density at radius 3 is 2.59 bits per heavy atom. The zero-order valence-electron chi connectivity index (χ0n) is 22.7. The standard InChI is InChI=1S/C28H28FN7O4.H3N.H2/c1-39-23-7-6-20(18-9-32-26(33-10-18)28(38)40-2)21(25(23)29)12-34-27(37)22(30)13-31-11-19-15-36-14-17(16-3-4-16)5-8-24(36)35-19;;/h5-10,13-16,31H,3-4,11-12,30H2,1-2H3,(H,34,37);1H3;1H/b22-13-;;. The maximum atomic E-state index is 15.2. The molecule has 3 heterocycles. The minimum atomic E-state index is -0.695. The zero-order chi connectivity index (χ0) is 28.2. The number of nitrogens with one attached hydrogen (secondary N) is 2. The number of hydrogen-bond donors (Lipinski definition) is 4. The summed E-state index contributed by atoms with van der Waals surface area (Å²) in [6, 6.07) is 7.18. The highest BCUT2D eigenvalue weighted by atomic mass is 19.1. The van der Waals surface area contributed by atoms with Crippen molar-refractivity contribution >= 4 is 17.5 Å². The fourth-order valence-corrected chi connectivity index (χ4v) is 4.27. The molecule has 5 rings (SSSR count). The third-order valence-corrected chi connectivity index (χ3v) is 6.56. The summed E-state index contributed by atoms with van der Waals surface area (Å²) in [6.45, 7) is 0.172. The Labute approximate surface area is 236 Å². The SMILES string of the molecule is COC(=O)c1ncc(-c2ccc(OC)c(F)c2CNC(=O)/C(N)=C/NCc2cn3cc(C4CC4)ccc3n2)cn1.N.[HH]. The lowest BCUT2D eigenvalue weighted by molar-refractivity contribution is -0.117. The van der Waals surface area contributed by atoms with Crippen LogP contribution in [0.5, 0.6) is 5.75 Å². The number of nitrogens with zero attached hydrogens (tertiary/aromatic N) is 4. The van der Waals surface area contributed by atoms with Crippen molar-refractivity contribution in [2.75, 3.05) is 14.2 Å². The van der Waals surface area contributed by atoms with Crippen LogP contribution in [0.2, 0.25) is 0 Å². The van der Waals surface area contributed by atoms with Gasteiger partial charge in [0.05, 0.1) is 26.5 Å². The van der Waals surface area contributed by atoms with Gasteiger partial charge in [0.25, 0.3) is 5.91 Å². The van der Waals surface area contributed by atoms with E-state index >= 15 is 4.39 Å². The Kier molecular flexibility index (Phi) is 8.78. The van der Waals surface area contributed by atoms with E-state index in [2.05, 4.69) is 42.6 Å². The van der Waals surface area contributed by atoms with E-state index in [9.17, 15) is 9.59 Å². The molecule has 0 unspecified atom stereocenters. The van der Waals surface area contributed by atoms with E-state index in [-0.39, 0.29) is 37.0 Å². The number of imidazole rings is 1. The number of halogens is 1.